The molecule has 18 heteroatoms. The number of benzene rings is 2. The van der Waals surface area contributed by atoms with Crippen molar-refractivity contribution in [1.29, 1.82) is 5.26 Å². The first-order valence-electron chi connectivity index (χ1n) is 24.3. The minimum atomic E-state index is -0.966. The quantitative estimate of drug-likeness (QED) is 0.0894. The maximum atomic E-state index is 14.1. The molecular weight excluding hydrogens is 942 g/mol. The molecule has 2 aromatic carbocycles. The molecule has 4 amide bonds. The number of hydrogen-bond donors (Lipinski definition) is 4. The van der Waals surface area contributed by atoms with Crippen molar-refractivity contribution in [2.45, 2.75) is 112 Å². The van der Waals surface area contributed by atoms with Gasteiger partial charge in [-0.05, 0) is 61.1 Å². The van der Waals surface area contributed by atoms with E-state index in [0.717, 1.165) is 46.2 Å². The Bertz CT molecular complexity index is 2580. The molecule has 2 saturated heterocycles. The number of aliphatic hydroxyl groups is 1. The zero-order valence-electron chi connectivity index (χ0n) is 42.5. The lowest BCUT2D eigenvalue weighted by molar-refractivity contribution is -0.164. The minimum absolute atomic E-state index is 0.0192. The summed E-state index contributed by atoms with van der Waals surface area (Å²) in [5.74, 6) is -0.0981. The van der Waals surface area contributed by atoms with E-state index in [1.54, 1.807) is 29.7 Å². The number of pyridine rings is 1. The number of hydrogen-bond acceptors (Lipinski definition) is 13. The summed E-state index contributed by atoms with van der Waals surface area (Å²) in [5.41, 5.74) is 4.84. The second-order valence-corrected chi connectivity index (χ2v) is 22.7. The number of ether oxygens (including phenoxy) is 2. The summed E-state index contributed by atoms with van der Waals surface area (Å²) >= 11 is 7.93. The molecule has 380 valence electrons. The molecule has 1 aliphatic carbocycles. The van der Waals surface area contributed by atoms with Gasteiger partial charge in [-0.2, -0.15) is 5.26 Å². The number of likely N-dealkylation sites (tertiary alicyclic amines) is 1. The van der Waals surface area contributed by atoms with Crippen LogP contribution in [0.4, 0.5) is 5.82 Å². The molecule has 71 heavy (non-hydrogen) atoms. The largest absolute Gasteiger partial charge is 0.489 e. The highest BCUT2D eigenvalue weighted by molar-refractivity contribution is 7.13. The first-order chi connectivity index (χ1) is 33.5. The Hall–Kier alpha value is -5.64. The van der Waals surface area contributed by atoms with Crippen LogP contribution in [0.1, 0.15) is 101 Å². The van der Waals surface area contributed by atoms with E-state index in [1.165, 1.54) is 4.90 Å². The first kappa shape index (κ1) is 53.2. The normalized spacial score (nSPS) is 21.6. The van der Waals surface area contributed by atoms with Crippen LogP contribution in [-0.2, 0) is 19.1 Å². The van der Waals surface area contributed by atoms with Gasteiger partial charge in [-0.3, -0.25) is 24.1 Å². The van der Waals surface area contributed by atoms with Crippen molar-refractivity contribution in [1.82, 2.24) is 35.7 Å². The second kappa shape index (κ2) is 21.6. The predicted octanol–water partition coefficient (Wildman–Crippen LogP) is 6.47. The van der Waals surface area contributed by atoms with Crippen molar-refractivity contribution in [3.05, 3.63) is 93.2 Å². The molecule has 4 atom stereocenters. The molecule has 2 aromatic heterocycles. The highest BCUT2D eigenvalue weighted by Gasteiger charge is 2.64. The van der Waals surface area contributed by atoms with Crippen LogP contribution in [0.25, 0.3) is 10.4 Å². The van der Waals surface area contributed by atoms with Gasteiger partial charge in [0.25, 0.3) is 5.91 Å². The fourth-order valence-electron chi connectivity index (χ4n) is 10.6. The lowest BCUT2D eigenvalue weighted by atomic mass is 9.49. The lowest BCUT2D eigenvalue weighted by Gasteiger charge is -2.63. The Balaban J connectivity index is 0.833. The smallest absolute Gasteiger partial charge is 0.253 e. The number of anilines is 1. The summed E-state index contributed by atoms with van der Waals surface area (Å²) < 4.78 is 12.3. The van der Waals surface area contributed by atoms with Crippen molar-refractivity contribution in [3.63, 3.8) is 0 Å². The monoisotopic (exact) mass is 1010 g/mol. The highest BCUT2D eigenvalue weighted by Crippen LogP contribution is 2.55. The van der Waals surface area contributed by atoms with Gasteiger partial charge in [-0.1, -0.05) is 84.3 Å². The van der Waals surface area contributed by atoms with Gasteiger partial charge in [0.05, 0.1) is 51.0 Å². The van der Waals surface area contributed by atoms with Crippen LogP contribution in [-0.4, -0.2) is 131 Å². The van der Waals surface area contributed by atoms with E-state index in [4.69, 9.17) is 21.1 Å². The van der Waals surface area contributed by atoms with Crippen molar-refractivity contribution in [2.75, 3.05) is 57.4 Å². The van der Waals surface area contributed by atoms with E-state index in [1.807, 2.05) is 83.5 Å². The van der Waals surface area contributed by atoms with Crippen molar-refractivity contribution < 1.29 is 33.8 Å². The molecule has 0 bridgehead atoms. The number of aromatic nitrogens is 2. The van der Waals surface area contributed by atoms with Crippen LogP contribution in [0.3, 0.4) is 0 Å². The van der Waals surface area contributed by atoms with Gasteiger partial charge >= 0.3 is 0 Å². The standard InChI is InChI=1S/C53H68ClN9O7S/c1-31-23-38(25-40(54)39(31)26-55)70-50-52(7,8)49(53(50,9)10)60-46(66)36-15-16-42(56-27-36)62-19-17-61(18-20-62)21-22-69-29-43(65)59-45(51(4,5)6)48(68)63-28-37(64)24-41(63)47(67)58-32(2)34-11-13-35(14-12-34)44-33(3)57-30-71-44/h11-16,23,25,27,30,32,37,41,45,49-50,64H,17-22,24,28-29H2,1-10H3,(H,58,67)(H,59,65)(H,60,66)/t32-,37+,41-,45+,49-,50-/m0/s1. The molecule has 4 N–H and O–H groups in total. The number of carbonyl (C=O) groups is 4. The Morgan fingerprint density at radius 1 is 0.986 bits per heavy atom. The third-order valence-corrected chi connectivity index (χ3v) is 15.6. The zero-order valence-corrected chi connectivity index (χ0v) is 44.0. The summed E-state index contributed by atoms with van der Waals surface area (Å²) in [6, 6.07) is 14.8. The van der Waals surface area contributed by atoms with Gasteiger partial charge in [0, 0.05) is 74.8 Å². The number of carbonyl (C=O) groups excluding carboxylic acids is 4. The number of piperazine rings is 1. The first-order valence-corrected chi connectivity index (χ1v) is 25.5. The molecule has 3 aliphatic rings. The number of β-amino-alcohol motifs (C(OH)–C–C–N with tert-alkyl or cyclic N) is 1. The summed E-state index contributed by atoms with van der Waals surface area (Å²) in [5, 5.41) is 29.6. The average Bonchev–Trinajstić information content (AvgIpc) is 3.95. The fraction of sp³-hybridized carbons (Fsp3) is 0.528. The van der Waals surface area contributed by atoms with Crippen LogP contribution in [0.5, 0.6) is 5.75 Å². The maximum Gasteiger partial charge on any atom is 0.253 e. The number of halogens is 1. The molecule has 4 heterocycles. The minimum Gasteiger partial charge on any atom is -0.489 e. The van der Waals surface area contributed by atoms with E-state index < -0.39 is 46.2 Å². The number of nitrogens with one attached hydrogen (secondary N) is 3. The van der Waals surface area contributed by atoms with Gasteiger partial charge in [-0.15, -0.1) is 11.3 Å². The molecule has 4 aromatic rings. The Morgan fingerprint density at radius 3 is 2.27 bits per heavy atom. The number of nitriles is 1. The number of aliphatic hydroxyl groups excluding tert-OH is 1. The highest BCUT2D eigenvalue weighted by atomic mass is 35.5. The Morgan fingerprint density at radius 2 is 1.68 bits per heavy atom. The van der Waals surface area contributed by atoms with Crippen LogP contribution in [0.2, 0.25) is 5.02 Å². The van der Waals surface area contributed by atoms with E-state index in [9.17, 15) is 29.5 Å². The molecule has 2 aliphatic heterocycles. The number of rotatable bonds is 16. The molecule has 1 saturated carbocycles. The lowest BCUT2D eigenvalue weighted by Crippen LogP contribution is -2.74. The van der Waals surface area contributed by atoms with Crippen LogP contribution in [0.15, 0.2) is 60.2 Å². The summed E-state index contributed by atoms with van der Waals surface area (Å²) in [6.45, 7) is 23.1. The Kier molecular flexibility index (Phi) is 16.2. The predicted molar refractivity (Wildman–Crippen MR) is 274 cm³/mol. The second-order valence-electron chi connectivity index (χ2n) is 21.4. The molecule has 0 spiro atoms. The zero-order chi connectivity index (χ0) is 51.6. The molecule has 0 unspecified atom stereocenters. The molecule has 3 fully saturated rings. The van der Waals surface area contributed by atoms with Gasteiger partial charge in [-0.25, -0.2) is 9.97 Å². The molecule has 7 rings (SSSR count). The molecule has 16 nitrogen and oxygen atoms in total. The fourth-order valence-corrected chi connectivity index (χ4v) is 11.7. The topological polar surface area (TPSA) is 202 Å². The maximum absolute atomic E-state index is 14.1. The van der Waals surface area contributed by atoms with Crippen LogP contribution in [0, 0.1) is 41.4 Å². The van der Waals surface area contributed by atoms with E-state index in [0.29, 0.717) is 48.1 Å². The van der Waals surface area contributed by atoms with E-state index >= 15 is 0 Å². The summed E-state index contributed by atoms with van der Waals surface area (Å²) in [7, 11) is 0. The van der Waals surface area contributed by atoms with Gasteiger partial charge in [0.2, 0.25) is 17.7 Å². The SMILES string of the molecule is Cc1cc(O[C@H]2C(C)(C)[C@H](NC(=O)c3ccc(N4CCN(CCOCC(=O)N[C@H](C(=O)N5C[C@H](O)C[C@H]5C(=O)N[C@@H](C)c5ccc(-c6scnc6C)cc5)C(C)(C)C)CC4)nc3)C2(C)C)cc(Cl)c1C#N. The molecule has 0 radical (unpaired) electrons. The van der Waals surface area contributed by atoms with E-state index in [2.05, 4.69) is 69.5 Å². The number of aryl methyl sites for hydroxylation is 2. The summed E-state index contributed by atoms with van der Waals surface area (Å²) in [6.07, 6.45) is 0.596. The van der Waals surface area contributed by atoms with Crippen LogP contribution < -0.4 is 25.6 Å². The third-order valence-electron chi connectivity index (χ3n) is 14.3. The van der Waals surface area contributed by atoms with Crippen molar-refractivity contribution >= 4 is 52.4 Å². The van der Waals surface area contributed by atoms with Crippen molar-refractivity contribution in [2.24, 2.45) is 16.2 Å². The number of nitrogens with zero attached hydrogens (tertiary/aromatic N) is 6. The number of thiazole rings is 1. The van der Waals surface area contributed by atoms with E-state index in [-0.39, 0.29) is 49.6 Å². The third kappa shape index (κ3) is 11.8. The van der Waals surface area contributed by atoms with Gasteiger partial charge in [0.1, 0.15) is 42.4 Å². The van der Waals surface area contributed by atoms with Gasteiger partial charge < -0.3 is 40.3 Å². The molecular formula is C53H68ClN9O7S. The van der Waals surface area contributed by atoms with Crippen molar-refractivity contribution in [3.8, 4) is 22.3 Å². The van der Waals surface area contributed by atoms with Crippen LogP contribution >= 0.6 is 22.9 Å². The van der Waals surface area contributed by atoms with Gasteiger partial charge in [0.15, 0.2) is 0 Å². The average molecular weight is 1010 g/mol. The Labute approximate surface area is 426 Å². The number of amides is 4. The summed E-state index contributed by atoms with van der Waals surface area (Å²) in [4.78, 5) is 70.5.